The molecular weight excluding hydrogens is 288 g/mol. The molecule has 3 rings (SSSR count). The molecule has 0 radical (unpaired) electrons. The van der Waals surface area contributed by atoms with Gasteiger partial charge in [-0.15, -0.1) is 5.10 Å². The first-order chi connectivity index (χ1) is 11.2. The number of hydrogen-bond acceptors (Lipinski definition) is 5. The zero-order valence-corrected chi connectivity index (χ0v) is 13.8. The Morgan fingerprint density at radius 1 is 1.13 bits per heavy atom. The number of aromatic nitrogens is 2. The van der Waals surface area contributed by atoms with Crippen LogP contribution in [-0.2, 0) is 4.74 Å². The van der Waals surface area contributed by atoms with E-state index in [0.29, 0.717) is 0 Å². The molecule has 2 heterocycles. The van der Waals surface area contributed by atoms with Crippen LogP contribution >= 0.6 is 0 Å². The Balaban J connectivity index is 1.78. The number of hydrogen-bond donors (Lipinski definition) is 1. The standard InChI is InChI=1S/C18H24N4O/c1-14-12-18(21-20-15(14)2)19-17(16-6-4-3-5-7-16)13-22-8-10-23-11-9-22/h3-7,12,17H,8-11,13H2,1-2H3,(H,19,21). The van der Waals surface area contributed by atoms with E-state index in [-0.39, 0.29) is 6.04 Å². The number of nitrogens with zero attached hydrogens (tertiary/aromatic N) is 3. The third-order valence-electron chi connectivity index (χ3n) is 4.30. The normalized spacial score (nSPS) is 17.0. The van der Waals surface area contributed by atoms with Crippen molar-refractivity contribution in [1.29, 1.82) is 0 Å². The Bertz CT molecular complexity index is 626. The average Bonchev–Trinajstić information content (AvgIpc) is 2.59. The highest BCUT2D eigenvalue weighted by atomic mass is 16.5. The predicted molar refractivity (Wildman–Crippen MR) is 91.6 cm³/mol. The van der Waals surface area contributed by atoms with Gasteiger partial charge in [-0.3, -0.25) is 4.90 Å². The van der Waals surface area contributed by atoms with Crippen molar-refractivity contribution in [3.63, 3.8) is 0 Å². The minimum Gasteiger partial charge on any atom is -0.379 e. The van der Waals surface area contributed by atoms with Gasteiger partial charge in [0.2, 0.25) is 0 Å². The molecule has 1 aromatic heterocycles. The number of anilines is 1. The second-order valence-electron chi connectivity index (χ2n) is 6.02. The molecule has 1 unspecified atom stereocenters. The van der Waals surface area contributed by atoms with E-state index in [1.807, 2.05) is 13.0 Å². The Morgan fingerprint density at radius 2 is 1.87 bits per heavy atom. The topological polar surface area (TPSA) is 50.3 Å². The SMILES string of the molecule is Cc1cc(NC(CN2CCOCC2)c2ccccc2)nnc1C. The largest absolute Gasteiger partial charge is 0.379 e. The van der Waals surface area contributed by atoms with Gasteiger partial charge in [0.15, 0.2) is 0 Å². The fourth-order valence-electron chi connectivity index (χ4n) is 2.76. The van der Waals surface area contributed by atoms with Gasteiger partial charge in [0.25, 0.3) is 0 Å². The highest BCUT2D eigenvalue weighted by molar-refractivity contribution is 5.40. The van der Waals surface area contributed by atoms with Crippen LogP contribution in [0, 0.1) is 13.8 Å². The lowest BCUT2D eigenvalue weighted by Gasteiger charge is -2.31. The molecule has 1 aromatic carbocycles. The Hall–Kier alpha value is -1.98. The Labute approximate surface area is 137 Å². The van der Waals surface area contributed by atoms with Crippen LogP contribution in [-0.4, -0.2) is 47.9 Å². The second-order valence-corrected chi connectivity index (χ2v) is 6.02. The van der Waals surface area contributed by atoms with E-state index in [0.717, 1.165) is 49.9 Å². The predicted octanol–water partition coefficient (Wildman–Crippen LogP) is 2.58. The summed E-state index contributed by atoms with van der Waals surface area (Å²) in [6.07, 6.45) is 0. The second kappa shape index (κ2) is 7.53. The van der Waals surface area contributed by atoms with E-state index in [4.69, 9.17) is 4.74 Å². The molecular formula is C18H24N4O. The van der Waals surface area contributed by atoms with Crippen molar-refractivity contribution in [3.05, 3.63) is 53.2 Å². The van der Waals surface area contributed by atoms with Crippen molar-refractivity contribution in [3.8, 4) is 0 Å². The summed E-state index contributed by atoms with van der Waals surface area (Å²) in [5.74, 6) is 0.829. The van der Waals surface area contributed by atoms with E-state index in [9.17, 15) is 0 Å². The van der Waals surface area contributed by atoms with Crippen LogP contribution in [0.4, 0.5) is 5.82 Å². The maximum absolute atomic E-state index is 5.45. The highest BCUT2D eigenvalue weighted by Gasteiger charge is 2.19. The summed E-state index contributed by atoms with van der Waals surface area (Å²) in [5, 5.41) is 12.1. The quantitative estimate of drug-likeness (QED) is 0.919. The van der Waals surface area contributed by atoms with Gasteiger partial charge in [-0.05, 0) is 31.0 Å². The minimum absolute atomic E-state index is 0.186. The maximum atomic E-state index is 5.45. The van der Waals surface area contributed by atoms with E-state index < -0.39 is 0 Å². The van der Waals surface area contributed by atoms with Crippen molar-refractivity contribution >= 4 is 5.82 Å². The number of ether oxygens (including phenoxy) is 1. The molecule has 0 bridgehead atoms. The van der Waals surface area contributed by atoms with E-state index >= 15 is 0 Å². The van der Waals surface area contributed by atoms with E-state index in [2.05, 4.69) is 57.7 Å². The molecule has 1 aliphatic heterocycles. The summed E-state index contributed by atoms with van der Waals surface area (Å²) in [5.41, 5.74) is 3.39. The summed E-state index contributed by atoms with van der Waals surface area (Å²) >= 11 is 0. The van der Waals surface area contributed by atoms with Crippen LogP contribution in [0.15, 0.2) is 36.4 Å². The van der Waals surface area contributed by atoms with E-state index in [1.54, 1.807) is 0 Å². The Kier molecular flexibility index (Phi) is 5.20. The fourth-order valence-corrected chi connectivity index (χ4v) is 2.76. The molecule has 122 valence electrons. The lowest BCUT2D eigenvalue weighted by atomic mass is 10.1. The molecule has 1 saturated heterocycles. The number of aryl methyl sites for hydroxylation is 2. The van der Waals surface area contributed by atoms with Gasteiger partial charge < -0.3 is 10.1 Å². The molecule has 0 amide bonds. The zero-order chi connectivity index (χ0) is 16.1. The summed E-state index contributed by atoms with van der Waals surface area (Å²) in [7, 11) is 0. The molecule has 2 aromatic rings. The molecule has 0 saturated carbocycles. The number of benzene rings is 1. The van der Waals surface area contributed by atoms with Gasteiger partial charge >= 0.3 is 0 Å². The van der Waals surface area contributed by atoms with Crippen LogP contribution in [0.25, 0.3) is 0 Å². The van der Waals surface area contributed by atoms with Gasteiger partial charge in [-0.25, -0.2) is 0 Å². The minimum atomic E-state index is 0.186. The summed E-state index contributed by atoms with van der Waals surface area (Å²) < 4.78 is 5.45. The molecule has 1 N–H and O–H groups in total. The third-order valence-corrected chi connectivity index (χ3v) is 4.30. The van der Waals surface area contributed by atoms with Crippen molar-refractivity contribution in [1.82, 2.24) is 15.1 Å². The molecule has 5 nitrogen and oxygen atoms in total. The van der Waals surface area contributed by atoms with Crippen molar-refractivity contribution in [2.45, 2.75) is 19.9 Å². The van der Waals surface area contributed by atoms with Gasteiger partial charge in [0, 0.05) is 19.6 Å². The third kappa shape index (κ3) is 4.27. The number of nitrogens with one attached hydrogen (secondary N) is 1. The molecule has 5 heteroatoms. The Morgan fingerprint density at radius 3 is 2.57 bits per heavy atom. The molecule has 0 aliphatic carbocycles. The van der Waals surface area contributed by atoms with Crippen LogP contribution < -0.4 is 5.32 Å². The molecule has 1 aliphatic rings. The fraction of sp³-hybridized carbons (Fsp3) is 0.444. The van der Waals surface area contributed by atoms with Crippen molar-refractivity contribution < 1.29 is 4.74 Å². The van der Waals surface area contributed by atoms with Crippen LogP contribution in [0.5, 0.6) is 0 Å². The van der Waals surface area contributed by atoms with Gasteiger partial charge in [-0.1, -0.05) is 30.3 Å². The molecule has 0 spiro atoms. The maximum Gasteiger partial charge on any atom is 0.149 e. The number of morpholine rings is 1. The van der Waals surface area contributed by atoms with Crippen LogP contribution in [0.3, 0.4) is 0 Å². The smallest absolute Gasteiger partial charge is 0.149 e. The highest BCUT2D eigenvalue weighted by Crippen LogP contribution is 2.20. The number of rotatable bonds is 5. The molecule has 1 atom stereocenters. The summed E-state index contributed by atoms with van der Waals surface area (Å²) in [6, 6.07) is 12.8. The first kappa shape index (κ1) is 15.9. The lowest BCUT2D eigenvalue weighted by molar-refractivity contribution is 0.0360. The van der Waals surface area contributed by atoms with Gasteiger partial charge in [-0.2, -0.15) is 5.10 Å². The first-order valence-corrected chi connectivity index (χ1v) is 8.15. The molecule has 23 heavy (non-hydrogen) atoms. The van der Waals surface area contributed by atoms with Crippen LogP contribution in [0.1, 0.15) is 22.9 Å². The average molecular weight is 312 g/mol. The first-order valence-electron chi connectivity index (χ1n) is 8.15. The zero-order valence-electron chi connectivity index (χ0n) is 13.8. The van der Waals surface area contributed by atoms with Crippen molar-refractivity contribution in [2.75, 3.05) is 38.2 Å². The van der Waals surface area contributed by atoms with Crippen molar-refractivity contribution in [2.24, 2.45) is 0 Å². The van der Waals surface area contributed by atoms with E-state index in [1.165, 1.54) is 5.56 Å². The molecule has 1 fully saturated rings. The lowest BCUT2D eigenvalue weighted by Crippen LogP contribution is -2.40. The van der Waals surface area contributed by atoms with Gasteiger partial charge in [0.05, 0.1) is 24.9 Å². The van der Waals surface area contributed by atoms with Crippen LogP contribution in [0.2, 0.25) is 0 Å². The monoisotopic (exact) mass is 312 g/mol. The summed E-state index contributed by atoms with van der Waals surface area (Å²) in [6.45, 7) is 8.55. The van der Waals surface area contributed by atoms with Gasteiger partial charge in [0.1, 0.15) is 5.82 Å². The summed E-state index contributed by atoms with van der Waals surface area (Å²) in [4.78, 5) is 2.43.